The van der Waals surface area contributed by atoms with Gasteiger partial charge in [-0.2, -0.15) is 0 Å². The van der Waals surface area contributed by atoms with Gasteiger partial charge in [0.1, 0.15) is 5.82 Å². The molecule has 3 rings (SSSR count). The summed E-state index contributed by atoms with van der Waals surface area (Å²) < 4.78 is 0. The summed E-state index contributed by atoms with van der Waals surface area (Å²) in [6, 6.07) is 8.24. The van der Waals surface area contributed by atoms with Crippen molar-refractivity contribution in [3.05, 3.63) is 68.4 Å². The summed E-state index contributed by atoms with van der Waals surface area (Å²) in [4.78, 5) is 43.8. The maximum atomic E-state index is 12.2. The first-order chi connectivity index (χ1) is 10.5. The SMILES string of the molecule is Cc1cccnc1NC(=O)c1ccc2[nH]c(=O)c(=O)[nH]c2c1. The third kappa shape index (κ3) is 2.51. The van der Waals surface area contributed by atoms with Gasteiger partial charge in [0.25, 0.3) is 5.91 Å². The van der Waals surface area contributed by atoms with Crippen molar-refractivity contribution < 1.29 is 4.79 Å². The number of benzene rings is 1. The topological polar surface area (TPSA) is 108 Å². The molecule has 0 aliphatic heterocycles. The van der Waals surface area contributed by atoms with Gasteiger partial charge in [-0.05, 0) is 36.8 Å². The molecule has 0 unspecified atom stereocenters. The molecule has 0 bridgehead atoms. The Morgan fingerprint density at radius 1 is 1.09 bits per heavy atom. The number of aromatic nitrogens is 3. The van der Waals surface area contributed by atoms with E-state index in [1.165, 1.54) is 6.07 Å². The number of anilines is 1. The molecule has 0 atom stereocenters. The smallest absolute Gasteiger partial charge is 0.314 e. The van der Waals surface area contributed by atoms with Crippen LogP contribution in [0.3, 0.4) is 0 Å². The number of rotatable bonds is 2. The summed E-state index contributed by atoms with van der Waals surface area (Å²) in [7, 11) is 0. The van der Waals surface area contributed by atoms with Crippen LogP contribution in [0.15, 0.2) is 46.1 Å². The lowest BCUT2D eigenvalue weighted by atomic mass is 10.1. The summed E-state index contributed by atoms with van der Waals surface area (Å²) in [5, 5.41) is 2.70. The standard InChI is InChI=1S/C15H12N4O3/c1-8-3-2-6-16-12(8)19-13(20)9-4-5-10-11(7-9)18-15(22)14(21)17-10/h2-7H,1H3,(H,17,21)(H,18,22)(H,16,19,20). The number of carbonyl (C=O) groups excluding carboxylic acids is 1. The van der Waals surface area contributed by atoms with Crippen molar-refractivity contribution in [2.45, 2.75) is 6.92 Å². The predicted molar refractivity (Wildman–Crippen MR) is 82.1 cm³/mol. The van der Waals surface area contributed by atoms with Crippen molar-refractivity contribution >= 4 is 22.8 Å². The number of hydrogen-bond acceptors (Lipinski definition) is 4. The molecular weight excluding hydrogens is 284 g/mol. The monoisotopic (exact) mass is 296 g/mol. The van der Waals surface area contributed by atoms with Gasteiger partial charge in [0.2, 0.25) is 0 Å². The largest absolute Gasteiger partial charge is 0.316 e. The van der Waals surface area contributed by atoms with Crippen LogP contribution < -0.4 is 16.4 Å². The number of nitrogens with one attached hydrogen (secondary N) is 3. The van der Waals surface area contributed by atoms with Crippen molar-refractivity contribution in [1.29, 1.82) is 0 Å². The first-order valence-electron chi connectivity index (χ1n) is 6.54. The molecule has 3 N–H and O–H groups in total. The summed E-state index contributed by atoms with van der Waals surface area (Å²) in [6.45, 7) is 1.84. The molecule has 22 heavy (non-hydrogen) atoms. The van der Waals surface area contributed by atoms with E-state index < -0.39 is 11.1 Å². The Kier molecular flexibility index (Phi) is 3.30. The second-order valence-electron chi connectivity index (χ2n) is 4.79. The molecule has 0 fully saturated rings. The van der Waals surface area contributed by atoms with Gasteiger partial charge >= 0.3 is 11.1 Å². The lowest BCUT2D eigenvalue weighted by Crippen LogP contribution is -2.29. The Labute approximate surface area is 124 Å². The number of H-pyrrole nitrogens is 2. The van der Waals surface area contributed by atoms with Gasteiger partial charge in [-0.3, -0.25) is 14.4 Å². The van der Waals surface area contributed by atoms with Crippen molar-refractivity contribution in [1.82, 2.24) is 15.0 Å². The first kappa shape index (κ1) is 13.7. The van der Waals surface area contributed by atoms with Crippen molar-refractivity contribution in [3.63, 3.8) is 0 Å². The van der Waals surface area contributed by atoms with E-state index in [9.17, 15) is 14.4 Å². The van der Waals surface area contributed by atoms with E-state index in [1.54, 1.807) is 24.4 Å². The highest BCUT2D eigenvalue weighted by atomic mass is 16.2. The number of aromatic amines is 2. The van der Waals surface area contributed by atoms with E-state index in [0.717, 1.165) is 5.56 Å². The van der Waals surface area contributed by atoms with Gasteiger partial charge in [-0.25, -0.2) is 4.98 Å². The van der Waals surface area contributed by atoms with Crippen LogP contribution in [0.4, 0.5) is 5.82 Å². The van der Waals surface area contributed by atoms with Crippen LogP contribution in [0, 0.1) is 6.92 Å². The molecule has 0 saturated carbocycles. The Morgan fingerprint density at radius 2 is 1.82 bits per heavy atom. The van der Waals surface area contributed by atoms with E-state index in [4.69, 9.17) is 0 Å². The van der Waals surface area contributed by atoms with E-state index >= 15 is 0 Å². The van der Waals surface area contributed by atoms with Crippen molar-refractivity contribution in [2.75, 3.05) is 5.32 Å². The predicted octanol–water partition coefficient (Wildman–Crippen LogP) is 1.17. The van der Waals surface area contributed by atoms with Gasteiger partial charge in [0.05, 0.1) is 11.0 Å². The molecule has 110 valence electrons. The second-order valence-corrected chi connectivity index (χ2v) is 4.79. The lowest BCUT2D eigenvalue weighted by Gasteiger charge is -2.07. The molecule has 0 spiro atoms. The third-order valence-corrected chi connectivity index (χ3v) is 3.23. The van der Waals surface area contributed by atoms with Crippen LogP contribution in [0.25, 0.3) is 11.0 Å². The zero-order chi connectivity index (χ0) is 15.7. The van der Waals surface area contributed by atoms with Crippen LogP contribution in [0.1, 0.15) is 15.9 Å². The van der Waals surface area contributed by atoms with E-state index in [-0.39, 0.29) is 5.91 Å². The molecule has 3 aromatic rings. The number of hydrogen-bond donors (Lipinski definition) is 3. The third-order valence-electron chi connectivity index (χ3n) is 3.23. The number of amides is 1. The minimum Gasteiger partial charge on any atom is -0.316 e. The highest BCUT2D eigenvalue weighted by Gasteiger charge is 2.10. The Balaban J connectivity index is 1.98. The molecule has 1 aromatic carbocycles. The molecule has 0 radical (unpaired) electrons. The number of carbonyl (C=O) groups is 1. The fourth-order valence-electron chi connectivity index (χ4n) is 2.05. The van der Waals surface area contributed by atoms with Crippen LogP contribution in [-0.2, 0) is 0 Å². The van der Waals surface area contributed by atoms with Crippen molar-refractivity contribution in [2.24, 2.45) is 0 Å². The van der Waals surface area contributed by atoms with Gasteiger partial charge in [0, 0.05) is 11.8 Å². The Hall–Kier alpha value is -3.22. The number of aryl methyl sites for hydroxylation is 1. The van der Waals surface area contributed by atoms with Gasteiger partial charge < -0.3 is 15.3 Å². The van der Waals surface area contributed by atoms with E-state index in [1.807, 2.05) is 13.0 Å². The summed E-state index contributed by atoms with van der Waals surface area (Å²) in [5.74, 6) is 0.123. The minimum atomic E-state index is -0.759. The molecule has 2 heterocycles. The minimum absolute atomic E-state index is 0.347. The quantitative estimate of drug-likeness (QED) is 0.617. The highest BCUT2D eigenvalue weighted by Crippen LogP contribution is 2.13. The zero-order valence-corrected chi connectivity index (χ0v) is 11.6. The van der Waals surface area contributed by atoms with Crippen LogP contribution in [0.5, 0.6) is 0 Å². The zero-order valence-electron chi connectivity index (χ0n) is 11.6. The maximum Gasteiger partial charge on any atom is 0.314 e. The number of fused-ring (bicyclic) bond motifs is 1. The molecule has 2 aromatic heterocycles. The highest BCUT2D eigenvalue weighted by molar-refractivity contribution is 6.05. The average Bonchev–Trinajstić information content (AvgIpc) is 2.50. The molecule has 7 heteroatoms. The maximum absolute atomic E-state index is 12.2. The fraction of sp³-hybridized carbons (Fsp3) is 0.0667. The van der Waals surface area contributed by atoms with Gasteiger partial charge in [-0.15, -0.1) is 0 Å². The number of nitrogens with zero attached hydrogens (tertiary/aromatic N) is 1. The van der Waals surface area contributed by atoms with Crippen molar-refractivity contribution in [3.8, 4) is 0 Å². The fourth-order valence-corrected chi connectivity index (χ4v) is 2.05. The van der Waals surface area contributed by atoms with E-state index in [2.05, 4.69) is 20.3 Å². The molecule has 0 aliphatic rings. The summed E-state index contributed by atoms with van der Waals surface area (Å²) in [6.07, 6.45) is 1.59. The number of pyridine rings is 1. The van der Waals surface area contributed by atoms with Crippen LogP contribution >= 0.6 is 0 Å². The summed E-state index contributed by atoms with van der Waals surface area (Å²) >= 11 is 0. The average molecular weight is 296 g/mol. The first-order valence-corrected chi connectivity index (χ1v) is 6.54. The molecule has 0 aliphatic carbocycles. The van der Waals surface area contributed by atoms with Crippen LogP contribution in [0.2, 0.25) is 0 Å². The summed E-state index contributed by atoms with van der Waals surface area (Å²) in [5.41, 5.74) is 0.541. The molecular formula is C15H12N4O3. The normalized spacial score (nSPS) is 10.6. The Bertz CT molecular complexity index is 988. The van der Waals surface area contributed by atoms with Crippen LogP contribution in [-0.4, -0.2) is 20.9 Å². The molecule has 1 amide bonds. The lowest BCUT2D eigenvalue weighted by molar-refractivity contribution is 0.102. The molecule has 7 nitrogen and oxygen atoms in total. The Morgan fingerprint density at radius 3 is 2.55 bits per heavy atom. The van der Waals surface area contributed by atoms with Gasteiger partial charge in [-0.1, -0.05) is 6.07 Å². The molecule has 0 saturated heterocycles. The van der Waals surface area contributed by atoms with Gasteiger partial charge in [0.15, 0.2) is 0 Å². The second kappa shape index (κ2) is 5.28. The van der Waals surface area contributed by atoms with E-state index in [0.29, 0.717) is 22.4 Å².